The molecular weight excluding hydrogens is 200 g/mol. The second-order valence-corrected chi connectivity index (χ2v) is 5.89. The van der Waals surface area contributed by atoms with Crippen molar-refractivity contribution in [2.24, 2.45) is 11.8 Å². The fourth-order valence-corrected chi connectivity index (χ4v) is 3.57. The first kappa shape index (κ1) is 10.4. The van der Waals surface area contributed by atoms with Crippen LogP contribution in [0.25, 0.3) is 0 Å². The quantitative estimate of drug-likeness (QED) is 0.688. The number of hydrogen-bond acceptors (Lipinski definition) is 2. The molecule has 0 amide bonds. The van der Waals surface area contributed by atoms with E-state index < -0.39 is 5.60 Å². The van der Waals surface area contributed by atoms with Gasteiger partial charge in [0.25, 0.3) is 0 Å². The van der Waals surface area contributed by atoms with Crippen molar-refractivity contribution >= 4 is 0 Å². The molecule has 2 aliphatic carbocycles. The first-order valence-electron chi connectivity index (χ1n) is 6.33. The zero-order chi connectivity index (χ0) is 11.3. The number of aliphatic hydroxyl groups is 1. The highest BCUT2D eigenvalue weighted by Crippen LogP contribution is 2.49. The molecule has 2 nitrogen and oxygen atoms in total. The average molecular weight is 220 g/mol. The highest BCUT2D eigenvalue weighted by Gasteiger charge is 2.48. The van der Waals surface area contributed by atoms with E-state index in [-0.39, 0.29) is 12.0 Å². The van der Waals surface area contributed by atoms with Crippen LogP contribution in [-0.2, 0) is 4.74 Å². The molecule has 0 aromatic carbocycles. The molecule has 0 aromatic rings. The van der Waals surface area contributed by atoms with Crippen LogP contribution in [0.5, 0.6) is 0 Å². The molecule has 1 fully saturated rings. The van der Waals surface area contributed by atoms with Gasteiger partial charge in [-0.15, -0.1) is 0 Å². The van der Waals surface area contributed by atoms with Gasteiger partial charge in [-0.1, -0.05) is 11.6 Å². The third kappa shape index (κ3) is 1.43. The largest absolute Gasteiger partial charge is 0.497 e. The Bertz CT molecular complexity index is 359. The summed E-state index contributed by atoms with van der Waals surface area (Å²) in [6, 6.07) is 0. The van der Waals surface area contributed by atoms with Crippen LogP contribution < -0.4 is 0 Å². The van der Waals surface area contributed by atoms with Gasteiger partial charge in [-0.2, -0.15) is 0 Å². The highest BCUT2D eigenvalue weighted by atomic mass is 16.5. The number of ether oxygens (including phenoxy) is 1. The molecule has 0 saturated heterocycles. The standard InChI is InChI=1S/C14H20O2/c1-14(2,15)11-7-6-9-4-3-5-10-8-16-13(11)12(9)10/h4,8,11-13,15H,3,5-7H2,1-2H3/t11-,12+,13+/m0/s1. The molecule has 16 heavy (non-hydrogen) atoms. The first-order chi connectivity index (χ1) is 7.57. The number of rotatable bonds is 1. The average Bonchev–Trinajstić information content (AvgIpc) is 2.63. The SMILES string of the molecule is CC(C)(O)[C@H]1CCC2=CCCC3=CO[C@H]1[C@@H]32. The molecule has 2 heteroatoms. The fraction of sp³-hybridized carbons (Fsp3) is 0.714. The Hall–Kier alpha value is -0.760. The maximum Gasteiger partial charge on any atom is 0.114 e. The first-order valence-corrected chi connectivity index (χ1v) is 6.33. The minimum Gasteiger partial charge on any atom is -0.497 e. The van der Waals surface area contributed by atoms with E-state index in [2.05, 4.69) is 6.08 Å². The summed E-state index contributed by atoms with van der Waals surface area (Å²) in [5.41, 5.74) is 2.38. The summed E-state index contributed by atoms with van der Waals surface area (Å²) in [6.45, 7) is 3.83. The zero-order valence-electron chi connectivity index (χ0n) is 10.1. The van der Waals surface area contributed by atoms with Crippen LogP contribution >= 0.6 is 0 Å². The maximum absolute atomic E-state index is 10.2. The van der Waals surface area contributed by atoms with E-state index in [4.69, 9.17) is 4.74 Å². The van der Waals surface area contributed by atoms with Gasteiger partial charge in [0.05, 0.1) is 11.9 Å². The lowest BCUT2D eigenvalue weighted by Crippen LogP contribution is -2.46. The number of hydrogen-bond donors (Lipinski definition) is 1. The molecule has 0 spiro atoms. The van der Waals surface area contributed by atoms with E-state index in [9.17, 15) is 5.11 Å². The van der Waals surface area contributed by atoms with Gasteiger partial charge in [-0.05, 0) is 45.1 Å². The Labute approximate surface area is 97.0 Å². The predicted molar refractivity (Wildman–Crippen MR) is 62.8 cm³/mol. The van der Waals surface area contributed by atoms with Crippen molar-refractivity contribution in [3.63, 3.8) is 0 Å². The van der Waals surface area contributed by atoms with Gasteiger partial charge < -0.3 is 9.84 Å². The predicted octanol–water partition coefficient (Wildman–Crippen LogP) is 2.79. The van der Waals surface area contributed by atoms with E-state index in [1.165, 1.54) is 12.0 Å². The van der Waals surface area contributed by atoms with Crippen LogP contribution in [0.4, 0.5) is 0 Å². The lowest BCUT2D eigenvalue weighted by Gasteiger charge is -2.42. The van der Waals surface area contributed by atoms with Crippen LogP contribution in [0, 0.1) is 11.8 Å². The molecule has 0 unspecified atom stereocenters. The normalized spacial score (nSPS) is 37.3. The summed E-state index contributed by atoms with van der Waals surface area (Å²) in [5, 5.41) is 10.2. The van der Waals surface area contributed by atoms with Gasteiger partial charge >= 0.3 is 0 Å². The molecule has 3 aliphatic rings. The van der Waals surface area contributed by atoms with Gasteiger partial charge in [-0.3, -0.25) is 0 Å². The molecular formula is C14H20O2. The molecule has 0 aromatic heterocycles. The van der Waals surface area contributed by atoms with Crippen molar-refractivity contribution in [1.29, 1.82) is 0 Å². The lowest BCUT2D eigenvalue weighted by atomic mass is 9.66. The minimum atomic E-state index is -0.628. The summed E-state index contributed by atoms with van der Waals surface area (Å²) in [5.74, 6) is 0.750. The second kappa shape index (κ2) is 3.36. The van der Waals surface area contributed by atoms with Crippen LogP contribution in [0.3, 0.4) is 0 Å². The van der Waals surface area contributed by atoms with Crippen molar-refractivity contribution in [2.75, 3.05) is 0 Å². The Balaban J connectivity index is 1.93. The van der Waals surface area contributed by atoms with Crippen molar-refractivity contribution in [3.8, 4) is 0 Å². The van der Waals surface area contributed by atoms with Gasteiger partial charge in [0.15, 0.2) is 0 Å². The molecule has 0 bridgehead atoms. The molecule has 1 saturated carbocycles. The van der Waals surface area contributed by atoms with E-state index >= 15 is 0 Å². The summed E-state index contributed by atoms with van der Waals surface area (Å²) in [6.07, 6.45) is 9.05. The Morgan fingerprint density at radius 1 is 1.31 bits per heavy atom. The molecule has 3 rings (SSSR count). The van der Waals surface area contributed by atoms with Crippen molar-refractivity contribution in [3.05, 3.63) is 23.5 Å². The van der Waals surface area contributed by atoms with E-state index in [1.54, 1.807) is 5.57 Å². The van der Waals surface area contributed by atoms with Crippen LogP contribution in [0.2, 0.25) is 0 Å². The highest BCUT2D eigenvalue weighted by molar-refractivity contribution is 5.32. The zero-order valence-corrected chi connectivity index (χ0v) is 10.1. The smallest absolute Gasteiger partial charge is 0.114 e. The third-order valence-electron chi connectivity index (χ3n) is 4.39. The Kier molecular flexibility index (Phi) is 2.19. The van der Waals surface area contributed by atoms with Gasteiger partial charge in [0.2, 0.25) is 0 Å². The van der Waals surface area contributed by atoms with Gasteiger partial charge in [0.1, 0.15) is 6.10 Å². The van der Waals surface area contributed by atoms with Crippen molar-refractivity contribution < 1.29 is 9.84 Å². The fourth-order valence-electron chi connectivity index (χ4n) is 3.57. The monoisotopic (exact) mass is 220 g/mol. The molecule has 3 atom stereocenters. The van der Waals surface area contributed by atoms with Crippen LogP contribution in [0.1, 0.15) is 39.5 Å². The third-order valence-corrected chi connectivity index (χ3v) is 4.39. The molecule has 1 aliphatic heterocycles. The lowest BCUT2D eigenvalue weighted by molar-refractivity contribution is -0.0651. The second-order valence-electron chi connectivity index (χ2n) is 5.89. The topological polar surface area (TPSA) is 29.5 Å². The summed E-state index contributed by atoms with van der Waals surface area (Å²) in [4.78, 5) is 0. The van der Waals surface area contributed by atoms with Crippen LogP contribution in [-0.4, -0.2) is 16.8 Å². The maximum atomic E-state index is 10.2. The summed E-state index contributed by atoms with van der Waals surface area (Å²) >= 11 is 0. The molecule has 88 valence electrons. The van der Waals surface area contributed by atoms with Crippen LogP contribution in [0.15, 0.2) is 23.5 Å². The Morgan fingerprint density at radius 2 is 2.12 bits per heavy atom. The van der Waals surface area contributed by atoms with Crippen molar-refractivity contribution in [2.45, 2.75) is 51.2 Å². The summed E-state index contributed by atoms with van der Waals surface area (Å²) in [7, 11) is 0. The van der Waals surface area contributed by atoms with Gasteiger partial charge in [-0.25, -0.2) is 0 Å². The van der Waals surface area contributed by atoms with E-state index in [1.807, 2.05) is 20.1 Å². The molecule has 1 heterocycles. The number of allylic oxidation sites excluding steroid dienone is 1. The summed E-state index contributed by atoms with van der Waals surface area (Å²) < 4.78 is 5.85. The minimum absolute atomic E-state index is 0.190. The Morgan fingerprint density at radius 3 is 2.88 bits per heavy atom. The molecule has 1 N–H and O–H groups in total. The van der Waals surface area contributed by atoms with E-state index in [0.29, 0.717) is 5.92 Å². The molecule has 0 radical (unpaired) electrons. The van der Waals surface area contributed by atoms with Crippen molar-refractivity contribution in [1.82, 2.24) is 0 Å². The van der Waals surface area contributed by atoms with E-state index in [0.717, 1.165) is 19.3 Å². The van der Waals surface area contributed by atoms with Gasteiger partial charge in [0, 0.05) is 11.8 Å².